The molecule has 0 bridgehead atoms. The van der Waals surface area contributed by atoms with Crippen molar-refractivity contribution in [1.29, 1.82) is 0 Å². The second-order valence-corrected chi connectivity index (χ2v) is 4.24. The monoisotopic (exact) mass is 228 g/mol. The number of piperazine rings is 1. The smallest absolute Gasteiger partial charge is 0.237 e. The van der Waals surface area contributed by atoms with E-state index in [4.69, 9.17) is 5.73 Å². The zero-order chi connectivity index (χ0) is 12.0. The molecule has 1 heterocycles. The molecule has 1 rings (SSSR count). The lowest BCUT2D eigenvalue weighted by atomic mass is 10.2. The van der Waals surface area contributed by atoms with Gasteiger partial charge in [-0.15, -0.1) is 0 Å². The van der Waals surface area contributed by atoms with Crippen LogP contribution in [-0.4, -0.2) is 67.6 Å². The quantitative estimate of drug-likeness (QED) is 0.639. The van der Waals surface area contributed by atoms with Gasteiger partial charge in [0.15, 0.2) is 0 Å². The first kappa shape index (κ1) is 13.4. The highest BCUT2D eigenvalue weighted by Gasteiger charge is 2.24. The predicted octanol–water partition coefficient (Wildman–Crippen LogP) is -0.913. The molecule has 0 aliphatic carbocycles. The SMILES string of the molecule is CCNC(=O)C(C)N1CCN(CCN)CC1. The summed E-state index contributed by atoms with van der Waals surface area (Å²) in [5.41, 5.74) is 5.52. The van der Waals surface area contributed by atoms with Crippen LogP contribution in [0.5, 0.6) is 0 Å². The number of amides is 1. The Morgan fingerprint density at radius 2 is 2.00 bits per heavy atom. The molecule has 0 aromatic rings. The summed E-state index contributed by atoms with van der Waals surface area (Å²) in [5, 5.41) is 2.86. The third kappa shape index (κ3) is 3.73. The fourth-order valence-electron chi connectivity index (χ4n) is 2.04. The van der Waals surface area contributed by atoms with E-state index in [1.807, 2.05) is 13.8 Å². The summed E-state index contributed by atoms with van der Waals surface area (Å²) in [7, 11) is 0. The van der Waals surface area contributed by atoms with Crippen molar-refractivity contribution in [3.05, 3.63) is 0 Å². The number of rotatable bonds is 5. The molecular weight excluding hydrogens is 204 g/mol. The number of likely N-dealkylation sites (N-methyl/N-ethyl adjacent to an activating group) is 1. The Hall–Kier alpha value is -0.650. The minimum atomic E-state index is -0.0139. The van der Waals surface area contributed by atoms with Crippen LogP contribution in [0.2, 0.25) is 0 Å². The molecule has 0 aromatic heterocycles. The van der Waals surface area contributed by atoms with Gasteiger partial charge in [0.2, 0.25) is 5.91 Å². The Labute approximate surface area is 98.0 Å². The number of nitrogens with two attached hydrogens (primary N) is 1. The molecule has 1 atom stereocenters. The van der Waals surface area contributed by atoms with Crippen molar-refractivity contribution in [3.63, 3.8) is 0 Å². The van der Waals surface area contributed by atoms with Gasteiger partial charge in [0.25, 0.3) is 0 Å². The van der Waals surface area contributed by atoms with Gasteiger partial charge in [0, 0.05) is 45.8 Å². The standard InChI is InChI=1S/C11H24N4O/c1-3-13-11(16)10(2)15-8-6-14(5-4-12)7-9-15/h10H,3-9,12H2,1-2H3,(H,13,16). The number of carbonyl (C=O) groups excluding carboxylic acids is 1. The van der Waals surface area contributed by atoms with Gasteiger partial charge in [-0.05, 0) is 13.8 Å². The van der Waals surface area contributed by atoms with Crippen LogP contribution >= 0.6 is 0 Å². The first-order chi connectivity index (χ1) is 7.69. The highest BCUT2D eigenvalue weighted by atomic mass is 16.2. The summed E-state index contributed by atoms with van der Waals surface area (Å²) in [6, 6.07) is -0.0139. The molecule has 1 amide bonds. The fourth-order valence-corrected chi connectivity index (χ4v) is 2.04. The Kier molecular flexibility index (Phi) is 5.73. The van der Waals surface area contributed by atoms with Crippen LogP contribution in [0.3, 0.4) is 0 Å². The highest BCUT2D eigenvalue weighted by molar-refractivity contribution is 5.81. The summed E-state index contributed by atoms with van der Waals surface area (Å²) in [5.74, 6) is 0.134. The summed E-state index contributed by atoms with van der Waals surface area (Å²) in [6.07, 6.45) is 0. The molecule has 5 nitrogen and oxygen atoms in total. The van der Waals surface area contributed by atoms with Crippen LogP contribution in [0.1, 0.15) is 13.8 Å². The average molecular weight is 228 g/mol. The van der Waals surface area contributed by atoms with E-state index in [-0.39, 0.29) is 11.9 Å². The third-order valence-electron chi connectivity index (χ3n) is 3.13. The molecule has 0 radical (unpaired) electrons. The normalized spacial score (nSPS) is 20.7. The van der Waals surface area contributed by atoms with Crippen LogP contribution in [0.15, 0.2) is 0 Å². The predicted molar refractivity (Wildman–Crippen MR) is 65.2 cm³/mol. The second-order valence-electron chi connectivity index (χ2n) is 4.24. The zero-order valence-electron chi connectivity index (χ0n) is 10.4. The molecule has 0 aromatic carbocycles. The molecule has 1 aliphatic rings. The van der Waals surface area contributed by atoms with Gasteiger partial charge in [-0.3, -0.25) is 14.6 Å². The molecule has 1 saturated heterocycles. The van der Waals surface area contributed by atoms with Crippen molar-refractivity contribution in [2.45, 2.75) is 19.9 Å². The van der Waals surface area contributed by atoms with Crippen LogP contribution < -0.4 is 11.1 Å². The maximum absolute atomic E-state index is 11.7. The Bertz CT molecular complexity index is 214. The molecule has 5 heteroatoms. The van der Waals surface area contributed by atoms with Gasteiger partial charge in [-0.2, -0.15) is 0 Å². The molecule has 3 N–H and O–H groups in total. The maximum atomic E-state index is 11.7. The number of hydrogen-bond donors (Lipinski definition) is 2. The molecule has 1 aliphatic heterocycles. The summed E-state index contributed by atoms with van der Waals surface area (Å²) in [4.78, 5) is 16.2. The van der Waals surface area contributed by atoms with Gasteiger partial charge in [-0.25, -0.2) is 0 Å². The minimum absolute atomic E-state index is 0.0139. The van der Waals surface area contributed by atoms with Crippen molar-refractivity contribution in [3.8, 4) is 0 Å². The topological polar surface area (TPSA) is 61.6 Å². The van der Waals surface area contributed by atoms with E-state index < -0.39 is 0 Å². The van der Waals surface area contributed by atoms with Crippen molar-refractivity contribution < 1.29 is 4.79 Å². The number of nitrogens with one attached hydrogen (secondary N) is 1. The van der Waals surface area contributed by atoms with Crippen LogP contribution in [0.25, 0.3) is 0 Å². The summed E-state index contributed by atoms with van der Waals surface area (Å²) >= 11 is 0. The number of hydrogen-bond acceptors (Lipinski definition) is 4. The van der Waals surface area contributed by atoms with Crippen molar-refractivity contribution in [1.82, 2.24) is 15.1 Å². The van der Waals surface area contributed by atoms with E-state index >= 15 is 0 Å². The van der Waals surface area contributed by atoms with E-state index in [2.05, 4.69) is 15.1 Å². The summed E-state index contributed by atoms with van der Waals surface area (Å²) in [6.45, 7) is 10.2. The molecule has 1 unspecified atom stereocenters. The number of carbonyl (C=O) groups is 1. The Morgan fingerprint density at radius 1 is 1.38 bits per heavy atom. The first-order valence-corrected chi connectivity index (χ1v) is 6.13. The highest BCUT2D eigenvalue weighted by Crippen LogP contribution is 2.05. The lowest BCUT2D eigenvalue weighted by Crippen LogP contribution is -2.54. The van der Waals surface area contributed by atoms with E-state index in [1.54, 1.807) is 0 Å². The largest absolute Gasteiger partial charge is 0.355 e. The van der Waals surface area contributed by atoms with Crippen molar-refractivity contribution in [2.75, 3.05) is 45.8 Å². The maximum Gasteiger partial charge on any atom is 0.237 e. The van der Waals surface area contributed by atoms with Gasteiger partial charge < -0.3 is 11.1 Å². The van der Waals surface area contributed by atoms with Gasteiger partial charge in [-0.1, -0.05) is 0 Å². The van der Waals surface area contributed by atoms with Crippen molar-refractivity contribution >= 4 is 5.91 Å². The first-order valence-electron chi connectivity index (χ1n) is 6.13. The van der Waals surface area contributed by atoms with Crippen LogP contribution in [0, 0.1) is 0 Å². The Morgan fingerprint density at radius 3 is 2.50 bits per heavy atom. The van der Waals surface area contributed by atoms with Gasteiger partial charge >= 0.3 is 0 Å². The minimum Gasteiger partial charge on any atom is -0.355 e. The number of nitrogens with zero attached hydrogens (tertiary/aromatic N) is 2. The van der Waals surface area contributed by atoms with Crippen LogP contribution in [-0.2, 0) is 4.79 Å². The van der Waals surface area contributed by atoms with E-state index in [9.17, 15) is 4.79 Å². The molecule has 0 saturated carbocycles. The third-order valence-corrected chi connectivity index (χ3v) is 3.13. The van der Waals surface area contributed by atoms with E-state index in [0.29, 0.717) is 13.1 Å². The Balaban J connectivity index is 2.32. The lowest BCUT2D eigenvalue weighted by Gasteiger charge is -2.37. The average Bonchev–Trinajstić information content (AvgIpc) is 2.30. The molecular formula is C11H24N4O. The molecule has 0 spiro atoms. The fraction of sp³-hybridized carbons (Fsp3) is 0.909. The van der Waals surface area contributed by atoms with E-state index in [1.165, 1.54) is 0 Å². The summed E-state index contributed by atoms with van der Waals surface area (Å²) < 4.78 is 0. The second kappa shape index (κ2) is 6.83. The molecule has 16 heavy (non-hydrogen) atoms. The van der Waals surface area contributed by atoms with Crippen molar-refractivity contribution in [2.24, 2.45) is 5.73 Å². The van der Waals surface area contributed by atoms with Crippen LogP contribution in [0.4, 0.5) is 0 Å². The van der Waals surface area contributed by atoms with Gasteiger partial charge in [0.1, 0.15) is 0 Å². The molecule has 94 valence electrons. The van der Waals surface area contributed by atoms with Gasteiger partial charge in [0.05, 0.1) is 6.04 Å². The van der Waals surface area contributed by atoms with E-state index in [0.717, 1.165) is 32.7 Å². The lowest BCUT2D eigenvalue weighted by molar-refractivity contribution is -0.126. The zero-order valence-corrected chi connectivity index (χ0v) is 10.4. The molecule has 1 fully saturated rings.